The molecule has 0 saturated heterocycles. The van der Waals surface area contributed by atoms with Crippen molar-refractivity contribution in [1.29, 1.82) is 0 Å². The first kappa shape index (κ1) is 17.0. The molecule has 0 aliphatic carbocycles. The van der Waals surface area contributed by atoms with Gasteiger partial charge in [-0.05, 0) is 50.2 Å². The third kappa shape index (κ3) is 2.69. The number of hydrogen-bond donors (Lipinski definition) is 0. The van der Waals surface area contributed by atoms with E-state index in [9.17, 15) is 0 Å². The van der Waals surface area contributed by atoms with E-state index in [1.807, 2.05) is 42.6 Å². The molecule has 3 aromatic heterocycles. The molecule has 0 fully saturated rings. The topological polar surface area (TPSA) is 25.8 Å². The number of benzene rings is 2. The summed E-state index contributed by atoms with van der Waals surface area (Å²) in [4.78, 5) is 8.95. The lowest BCUT2D eigenvalue weighted by Gasteiger charge is -2.05. The number of hydrogen-bond acceptors (Lipinski definition) is 3. The molecule has 0 N–H and O–H groups in total. The molecule has 0 unspecified atom stereocenters. The van der Waals surface area contributed by atoms with Crippen molar-refractivity contribution in [2.75, 3.05) is 0 Å². The van der Waals surface area contributed by atoms with Gasteiger partial charge in [0.05, 0.1) is 20.8 Å². The highest BCUT2D eigenvalue weighted by Crippen LogP contribution is 2.42. The summed E-state index contributed by atoms with van der Waals surface area (Å²) in [5, 5.41) is 1.96. The van der Waals surface area contributed by atoms with Crippen molar-refractivity contribution >= 4 is 31.5 Å². The fourth-order valence-electron chi connectivity index (χ4n) is 3.77. The van der Waals surface area contributed by atoms with E-state index in [0.717, 1.165) is 26.7 Å². The molecular formula is C24H17FN2S. The molecule has 0 saturated carbocycles. The molecule has 0 aliphatic rings. The number of thiophene rings is 1. The highest BCUT2D eigenvalue weighted by atomic mass is 32.1. The fraction of sp³-hybridized carbons (Fsp3) is 0.0833. The lowest BCUT2D eigenvalue weighted by atomic mass is 10.0. The van der Waals surface area contributed by atoms with E-state index in [1.54, 1.807) is 6.20 Å². The van der Waals surface area contributed by atoms with Crippen LogP contribution in [0.5, 0.6) is 0 Å². The summed E-state index contributed by atoms with van der Waals surface area (Å²) in [6.45, 7) is 4.17. The number of rotatable bonds is 2. The Morgan fingerprint density at radius 3 is 2.32 bits per heavy atom. The van der Waals surface area contributed by atoms with E-state index in [1.165, 1.54) is 22.5 Å². The molecule has 2 aromatic carbocycles. The summed E-state index contributed by atoms with van der Waals surface area (Å²) >= 11 is 1.47. The van der Waals surface area contributed by atoms with Gasteiger partial charge in [0.15, 0.2) is 0 Å². The van der Waals surface area contributed by atoms with Gasteiger partial charge < -0.3 is 0 Å². The average Bonchev–Trinajstić information content (AvgIpc) is 3.08. The number of aryl methyl sites for hydroxylation is 2. The smallest absolute Gasteiger partial charge is 0.150 e. The van der Waals surface area contributed by atoms with E-state index in [-0.39, 0.29) is 5.82 Å². The predicted octanol–water partition coefficient (Wildman–Crippen LogP) is 6.93. The third-order valence-corrected chi connectivity index (χ3v) is 6.15. The van der Waals surface area contributed by atoms with Crippen molar-refractivity contribution in [2.24, 2.45) is 0 Å². The summed E-state index contributed by atoms with van der Waals surface area (Å²) < 4.78 is 17.1. The molecular weight excluding hydrogens is 367 g/mol. The Morgan fingerprint density at radius 1 is 0.786 bits per heavy atom. The van der Waals surface area contributed by atoms with Gasteiger partial charge in [0.1, 0.15) is 5.82 Å². The molecule has 0 spiro atoms. The second-order valence-electron chi connectivity index (χ2n) is 7.03. The predicted molar refractivity (Wildman–Crippen MR) is 115 cm³/mol. The maximum Gasteiger partial charge on any atom is 0.150 e. The second kappa shape index (κ2) is 6.50. The molecule has 0 bridgehead atoms. The summed E-state index contributed by atoms with van der Waals surface area (Å²) in [6, 6.07) is 17.7. The number of halogens is 1. The minimum atomic E-state index is -0.219. The average molecular weight is 384 g/mol. The molecule has 0 atom stereocenters. The largest absolute Gasteiger partial charge is 0.256 e. The van der Waals surface area contributed by atoms with Crippen LogP contribution in [0.25, 0.3) is 42.7 Å². The number of fused-ring (bicyclic) bond motifs is 3. The lowest BCUT2D eigenvalue weighted by Crippen LogP contribution is -1.87. The van der Waals surface area contributed by atoms with E-state index >= 15 is 4.39 Å². The van der Waals surface area contributed by atoms with Crippen LogP contribution < -0.4 is 0 Å². The van der Waals surface area contributed by atoms with Crippen molar-refractivity contribution in [1.82, 2.24) is 9.97 Å². The molecule has 3 heterocycles. The first-order chi connectivity index (χ1) is 13.6. The van der Waals surface area contributed by atoms with Gasteiger partial charge >= 0.3 is 0 Å². The van der Waals surface area contributed by atoms with Gasteiger partial charge in [0.2, 0.25) is 0 Å². The Bertz CT molecular complexity index is 1320. The summed E-state index contributed by atoms with van der Waals surface area (Å²) in [7, 11) is 0. The van der Waals surface area contributed by atoms with Gasteiger partial charge in [0.25, 0.3) is 0 Å². The van der Waals surface area contributed by atoms with Gasteiger partial charge in [-0.3, -0.25) is 9.97 Å². The Hall–Kier alpha value is -3.11. The molecule has 4 heteroatoms. The Balaban J connectivity index is 1.80. The zero-order valence-electron chi connectivity index (χ0n) is 15.5. The first-order valence-corrected chi connectivity index (χ1v) is 9.93. The highest BCUT2D eigenvalue weighted by molar-refractivity contribution is 7.26. The Kier molecular flexibility index (Phi) is 3.95. The number of pyridine rings is 2. The number of aromatic nitrogens is 2. The van der Waals surface area contributed by atoms with Gasteiger partial charge in [-0.1, -0.05) is 29.3 Å². The van der Waals surface area contributed by atoms with Crippen LogP contribution in [0.15, 0.2) is 67.0 Å². The van der Waals surface area contributed by atoms with Gasteiger partial charge in [-0.25, -0.2) is 4.39 Å². The minimum absolute atomic E-state index is 0.219. The van der Waals surface area contributed by atoms with Crippen LogP contribution in [0.4, 0.5) is 4.39 Å². The molecule has 136 valence electrons. The van der Waals surface area contributed by atoms with Crippen molar-refractivity contribution < 1.29 is 4.39 Å². The summed E-state index contributed by atoms with van der Waals surface area (Å²) in [5.74, 6) is -0.219. The van der Waals surface area contributed by atoms with E-state index in [4.69, 9.17) is 0 Å². The molecule has 28 heavy (non-hydrogen) atoms. The van der Waals surface area contributed by atoms with Crippen LogP contribution in [-0.2, 0) is 0 Å². The zero-order valence-corrected chi connectivity index (χ0v) is 16.3. The SMILES string of the molecule is Cc1cc(C)cc(-c2nccc3c2sc2c(F)c(-c4ccccn4)ccc23)c1. The maximum absolute atomic E-state index is 15.4. The maximum atomic E-state index is 15.4. The monoisotopic (exact) mass is 384 g/mol. The Labute approximate surface area is 166 Å². The standard InChI is InChI=1S/C24H17FN2S/c1-14-11-15(2)13-16(12-14)22-24-18(8-10-27-22)17-6-7-19(21(25)23(17)28-24)20-5-3-4-9-26-20/h3-13H,1-2H3. The summed E-state index contributed by atoms with van der Waals surface area (Å²) in [6.07, 6.45) is 3.50. The lowest BCUT2D eigenvalue weighted by molar-refractivity contribution is 0.644. The van der Waals surface area contributed by atoms with Crippen molar-refractivity contribution in [2.45, 2.75) is 13.8 Å². The van der Waals surface area contributed by atoms with Crippen LogP contribution >= 0.6 is 11.3 Å². The molecule has 5 rings (SSSR count). The molecule has 0 amide bonds. The first-order valence-electron chi connectivity index (χ1n) is 9.11. The van der Waals surface area contributed by atoms with Crippen LogP contribution in [-0.4, -0.2) is 9.97 Å². The van der Waals surface area contributed by atoms with Crippen LogP contribution in [0.3, 0.4) is 0 Å². The quantitative estimate of drug-likeness (QED) is 0.330. The zero-order chi connectivity index (χ0) is 19.3. The van der Waals surface area contributed by atoms with Crippen LogP contribution in [0.2, 0.25) is 0 Å². The normalized spacial score (nSPS) is 11.4. The summed E-state index contributed by atoms with van der Waals surface area (Å²) in [5.41, 5.74) is 5.54. The van der Waals surface area contributed by atoms with Crippen LogP contribution in [0, 0.1) is 19.7 Å². The van der Waals surface area contributed by atoms with E-state index in [2.05, 4.69) is 42.0 Å². The molecule has 5 aromatic rings. The fourth-order valence-corrected chi connectivity index (χ4v) is 5.02. The van der Waals surface area contributed by atoms with Gasteiger partial charge in [0, 0.05) is 34.3 Å². The van der Waals surface area contributed by atoms with E-state index < -0.39 is 0 Å². The van der Waals surface area contributed by atoms with Crippen LogP contribution in [0.1, 0.15) is 11.1 Å². The highest BCUT2D eigenvalue weighted by Gasteiger charge is 2.17. The minimum Gasteiger partial charge on any atom is -0.256 e. The second-order valence-corrected chi connectivity index (χ2v) is 8.05. The van der Waals surface area contributed by atoms with Crippen molar-refractivity contribution in [3.05, 3.63) is 83.9 Å². The van der Waals surface area contributed by atoms with Crippen molar-refractivity contribution in [3.8, 4) is 22.5 Å². The molecule has 2 nitrogen and oxygen atoms in total. The third-order valence-electron chi connectivity index (χ3n) is 4.93. The van der Waals surface area contributed by atoms with E-state index in [0.29, 0.717) is 16.0 Å². The molecule has 0 aliphatic heterocycles. The number of nitrogens with zero attached hydrogens (tertiary/aromatic N) is 2. The van der Waals surface area contributed by atoms with Gasteiger partial charge in [-0.2, -0.15) is 0 Å². The van der Waals surface area contributed by atoms with Gasteiger partial charge in [-0.15, -0.1) is 11.3 Å². The Morgan fingerprint density at radius 2 is 1.57 bits per heavy atom. The van der Waals surface area contributed by atoms with Crippen molar-refractivity contribution in [3.63, 3.8) is 0 Å². The molecule has 0 radical (unpaired) electrons.